The fourth-order valence-corrected chi connectivity index (χ4v) is 6.74. The topological polar surface area (TPSA) is 170 Å². The van der Waals surface area contributed by atoms with Crippen molar-refractivity contribution in [1.29, 1.82) is 0 Å². The summed E-state index contributed by atoms with van der Waals surface area (Å²) in [5.41, 5.74) is 4.44. The molecule has 1 aromatic rings. The second kappa shape index (κ2) is 10.1. The maximum atomic E-state index is 14.0. The number of nitrogens with two attached hydrogens (primary N) is 1. The summed E-state index contributed by atoms with van der Waals surface area (Å²) in [6.07, 6.45) is 0.252. The van der Waals surface area contributed by atoms with Crippen LogP contribution in [-0.4, -0.2) is 90.5 Å². The van der Waals surface area contributed by atoms with Crippen LogP contribution in [0.4, 0.5) is 5.69 Å². The van der Waals surface area contributed by atoms with Crippen LogP contribution < -0.4 is 16.0 Å². The Morgan fingerprint density at radius 2 is 1.79 bits per heavy atom. The van der Waals surface area contributed by atoms with Crippen LogP contribution in [0, 0.1) is 29.6 Å². The van der Waals surface area contributed by atoms with Gasteiger partial charge < -0.3 is 26.2 Å². The number of hydrogen-bond donors (Lipinski definition) is 4. The monoisotopic (exact) mass is 542 g/mol. The number of ketones is 4. The molecule has 0 aliphatic heterocycles. The molecule has 4 rings (SSSR count). The molecule has 5 N–H and O–H groups in total. The van der Waals surface area contributed by atoms with Crippen LogP contribution in [0.1, 0.15) is 41.8 Å². The summed E-state index contributed by atoms with van der Waals surface area (Å²) in [4.78, 5) is 70.0. The van der Waals surface area contributed by atoms with Gasteiger partial charge in [-0.1, -0.05) is 13.8 Å². The number of aliphatic hydroxyl groups is 1. The Hall–Kier alpha value is -3.15. The van der Waals surface area contributed by atoms with Crippen molar-refractivity contribution >= 4 is 34.7 Å². The molecule has 3 aliphatic rings. The number of primary amides is 1. The Labute approximate surface area is 227 Å². The summed E-state index contributed by atoms with van der Waals surface area (Å²) in [6, 6.07) is 0.701. The number of hydrogen-bond acceptors (Lipinski definition) is 10. The first-order valence-corrected chi connectivity index (χ1v) is 13.2. The fourth-order valence-electron chi connectivity index (χ4n) is 6.74. The first kappa shape index (κ1) is 28.8. The van der Waals surface area contributed by atoms with E-state index < -0.39 is 64.4 Å². The van der Waals surface area contributed by atoms with E-state index in [1.807, 2.05) is 38.9 Å². The van der Waals surface area contributed by atoms with Gasteiger partial charge in [0.1, 0.15) is 5.75 Å². The third-order valence-electron chi connectivity index (χ3n) is 8.47. The Bertz CT molecular complexity index is 1260. The van der Waals surface area contributed by atoms with Crippen LogP contribution in [-0.2, 0) is 32.1 Å². The minimum absolute atomic E-state index is 0.00847. The number of likely N-dealkylation sites (N-methyl/N-ethyl adjacent to an activating group) is 1. The van der Waals surface area contributed by atoms with Crippen molar-refractivity contribution in [2.75, 3.05) is 39.6 Å². The third kappa shape index (κ3) is 4.36. The Balaban J connectivity index is 1.84. The average molecular weight is 543 g/mol. The van der Waals surface area contributed by atoms with E-state index in [1.165, 1.54) is 4.90 Å². The van der Waals surface area contributed by atoms with Crippen molar-refractivity contribution in [3.05, 3.63) is 22.8 Å². The molecule has 39 heavy (non-hydrogen) atoms. The van der Waals surface area contributed by atoms with Crippen LogP contribution in [0.5, 0.6) is 5.75 Å². The van der Waals surface area contributed by atoms with Gasteiger partial charge in [0.2, 0.25) is 5.91 Å². The van der Waals surface area contributed by atoms with Crippen molar-refractivity contribution in [2.45, 2.75) is 44.9 Å². The molecule has 2 fully saturated rings. The molecule has 0 heterocycles. The number of phenolic OH excluding ortho intramolecular Hbond substituents is 1. The normalized spacial score (nSPS) is 30.3. The van der Waals surface area contributed by atoms with E-state index in [1.54, 1.807) is 14.1 Å². The molecule has 0 spiro atoms. The number of anilines is 1. The van der Waals surface area contributed by atoms with Gasteiger partial charge in [0.05, 0.1) is 17.5 Å². The van der Waals surface area contributed by atoms with E-state index in [-0.39, 0.29) is 24.2 Å². The molecule has 3 aliphatic carbocycles. The van der Waals surface area contributed by atoms with Gasteiger partial charge in [-0.15, -0.1) is 0 Å². The molecule has 11 nitrogen and oxygen atoms in total. The molecule has 2 unspecified atom stereocenters. The molecular weight excluding hydrogens is 504 g/mol. The molecule has 0 aromatic heterocycles. The average Bonchev–Trinajstić information content (AvgIpc) is 2.81. The smallest absolute Gasteiger partial charge is 0.235 e. The highest BCUT2D eigenvalue weighted by Gasteiger charge is 2.69. The zero-order valence-electron chi connectivity index (χ0n) is 23.3. The standard InChI is InChI=1S/C28H38N4O7/c1-12(2)10-30-11-14-9-17(31(3)4)15-7-13-8-16-21(32(5)6)24(35)20(27(29)38)26(37)28(16,39)25(36)18(13)23(34)19(15)22(14)33/h9,12-13,16,18,20-21,30,33,39H,7-8,10-11H2,1-6H3,(H2,29,38)/t13-,16-,18?,20?,21-,28-/m1/s1. The van der Waals surface area contributed by atoms with Crippen molar-refractivity contribution < 1.29 is 34.2 Å². The van der Waals surface area contributed by atoms with Gasteiger partial charge >= 0.3 is 0 Å². The van der Waals surface area contributed by atoms with Crippen LogP contribution in [0.25, 0.3) is 0 Å². The number of amides is 1. The van der Waals surface area contributed by atoms with Gasteiger partial charge in [0, 0.05) is 37.8 Å². The molecule has 212 valence electrons. The summed E-state index contributed by atoms with van der Waals surface area (Å²) >= 11 is 0. The molecule has 11 heteroatoms. The maximum absolute atomic E-state index is 14.0. The molecule has 0 radical (unpaired) electrons. The first-order valence-electron chi connectivity index (χ1n) is 13.2. The van der Waals surface area contributed by atoms with Crippen molar-refractivity contribution in [3.63, 3.8) is 0 Å². The second-order valence-electron chi connectivity index (χ2n) is 12.0. The highest BCUT2D eigenvalue weighted by molar-refractivity contribution is 6.32. The van der Waals surface area contributed by atoms with Crippen LogP contribution in [0.3, 0.4) is 0 Å². The minimum atomic E-state index is -2.73. The third-order valence-corrected chi connectivity index (χ3v) is 8.47. The van der Waals surface area contributed by atoms with E-state index in [4.69, 9.17) is 5.73 Å². The lowest BCUT2D eigenvalue weighted by molar-refractivity contribution is -0.181. The summed E-state index contributed by atoms with van der Waals surface area (Å²) in [5.74, 6) is -10.0. The first-order chi connectivity index (χ1) is 18.1. The Morgan fingerprint density at radius 3 is 2.33 bits per heavy atom. The number of aromatic hydroxyl groups is 1. The molecule has 2 saturated carbocycles. The highest BCUT2D eigenvalue weighted by atomic mass is 16.3. The van der Waals surface area contributed by atoms with Gasteiger partial charge in [-0.3, -0.25) is 28.9 Å². The summed E-state index contributed by atoms with van der Waals surface area (Å²) in [5, 5.41) is 26.2. The second-order valence-corrected chi connectivity index (χ2v) is 12.0. The van der Waals surface area contributed by atoms with E-state index in [9.17, 15) is 34.2 Å². The number of nitrogens with zero attached hydrogens (tertiary/aromatic N) is 2. The quantitative estimate of drug-likeness (QED) is 0.335. The van der Waals surface area contributed by atoms with Gasteiger partial charge in [0.15, 0.2) is 34.7 Å². The number of fused-ring (bicyclic) bond motifs is 3. The summed E-state index contributed by atoms with van der Waals surface area (Å²) < 4.78 is 0. The Morgan fingerprint density at radius 1 is 1.15 bits per heavy atom. The molecule has 1 amide bonds. The lowest BCUT2D eigenvalue weighted by Crippen LogP contribution is -2.74. The number of benzene rings is 1. The van der Waals surface area contributed by atoms with Crippen molar-refractivity contribution in [3.8, 4) is 5.75 Å². The van der Waals surface area contributed by atoms with E-state index >= 15 is 0 Å². The molecule has 0 saturated heterocycles. The number of carbonyl (C=O) groups excluding carboxylic acids is 5. The largest absolute Gasteiger partial charge is 0.507 e. The molecule has 6 atom stereocenters. The zero-order chi connectivity index (χ0) is 29.1. The van der Waals surface area contributed by atoms with Crippen molar-refractivity contribution in [1.82, 2.24) is 10.2 Å². The van der Waals surface area contributed by atoms with Crippen LogP contribution in [0.2, 0.25) is 0 Å². The van der Waals surface area contributed by atoms with Gasteiger partial charge in [-0.2, -0.15) is 0 Å². The predicted octanol–water partition coefficient (Wildman–Crippen LogP) is -0.321. The SMILES string of the molecule is CC(C)CNCc1cc(N(C)C)c2c(c1O)C(=O)C1C(=O)[C@@]3(O)C(=O)C(C(N)=O)C(=O)[C@H](N(C)C)[C@H]3C[C@H]1C2. The zero-order valence-corrected chi connectivity index (χ0v) is 23.3. The van der Waals surface area contributed by atoms with Crippen LogP contribution in [0.15, 0.2) is 6.07 Å². The molecule has 1 aromatic carbocycles. The molecule has 0 bridgehead atoms. The number of Topliss-reactive ketones (excluding diaryl/α,β-unsaturated/α-hetero) is 4. The van der Waals surface area contributed by atoms with Crippen molar-refractivity contribution in [2.24, 2.45) is 35.3 Å². The summed E-state index contributed by atoms with van der Waals surface area (Å²) in [6.45, 7) is 5.08. The van der Waals surface area contributed by atoms with E-state index in [0.717, 1.165) is 5.69 Å². The summed E-state index contributed by atoms with van der Waals surface area (Å²) in [7, 11) is 6.77. The van der Waals surface area contributed by atoms with Crippen LogP contribution >= 0.6 is 0 Å². The number of rotatable bonds is 7. The fraction of sp³-hybridized carbons (Fsp3) is 0.607. The lowest BCUT2D eigenvalue weighted by atomic mass is 9.52. The van der Waals surface area contributed by atoms with E-state index in [0.29, 0.717) is 30.1 Å². The van der Waals surface area contributed by atoms with Gasteiger partial charge in [-0.25, -0.2) is 0 Å². The minimum Gasteiger partial charge on any atom is -0.507 e. The number of nitrogens with one attached hydrogen (secondary N) is 1. The van der Waals surface area contributed by atoms with E-state index in [2.05, 4.69) is 5.32 Å². The number of carbonyl (C=O) groups is 5. The highest BCUT2D eigenvalue weighted by Crippen LogP contribution is 2.52. The molecular formula is C28H38N4O7. The Kier molecular flexibility index (Phi) is 7.48. The lowest BCUT2D eigenvalue weighted by Gasteiger charge is -2.52. The number of phenols is 1. The van der Waals surface area contributed by atoms with Gasteiger partial charge in [0.25, 0.3) is 0 Å². The predicted molar refractivity (Wildman–Crippen MR) is 142 cm³/mol. The van der Waals surface area contributed by atoms with Gasteiger partial charge in [-0.05, 0) is 56.9 Å². The maximum Gasteiger partial charge on any atom is 0.235 e.